The zero-order valence-electron chi connectivity index (χ0n) is 17.2. The van der Waals surface area contributed by atoms with Crippen LogP contribution in [0.3, 0.4) is 0 Å². The van der Waals surface area contributed by atoms with Crippen LogP contribution in [0.2, 0.25) is 0 Å². The van der Waals surface area contributed by atoms with E-state index in [4.69, 9.17) is 14.2 Å². The molecule has 0 aliphatic heterocycles. The smallest absolute Gasteiger partial charge is 0.412 e. The van der Waals surface area contributed by atoms with Gasteiger partial charge in [0.25, 0.3) is 5.56 Å². The van der Waals surface area contributed by atoms with Gasteiger partial charge in [-0.05, 0) is 32.6 Å². The molecule has 0 aliphatic carbocycles. The second-order valence-corrected chi connectivity index (χ2v) is 6.72. The molecule has 8 nitrogen and oxygen atoms in total. The standard InChI is InChI=1S/C20H29N3O5/c1-6-7-8-21-20(25)28-18-13-23(10-9-22(2)3)19(24)15-12-17(27-5)16(26-4)11-14(15)18/h11-13H,6-10H2,1-5H3,(H,21,25). The van der Waals surface area contributed by atoms with Crippen LogP contribution in [0.1, 0.15) is 19.8 Å². The number of nitrogens with zero attached hydrogens (tertiary/aromatic N) is 2. The number of unbranched alkanes of at least 4 members (excludes halogenated alkanes) is 1. The number of nitrogens with one attached hydrogen (secondary N) is 1. The van der Waals surface area contributed by atoms with Gasteiger partial charge in [0.1, 0.15) is 0 Å². The lowest BCUT2D eigenvalue weighted by atomic mass is 10.1. The van der Waals surface area contributed by atoms with Crippen LogP contribution in [0.4, 0.5) is 4.79 Å². The molecule has 0 atom stereocenters. The molecule has 154 valence electrons. The molecule has 0 saturated carbocycles. The van der Waals surface area contributed by atoms with E-state index in [1.807, 2.05) is 25.9 Å². The van der Waals surface area contributed by atoms with Crippen LogP contribution in [0, 0.1) is 0 Å². The van der Waals surface area contributed by atoms with Crippen molar-refractivity contribution in [3.8, 4) is 17.2 Å². The highest BCUT2D eigenvalue weighted by molar-refractivity contribution is 5.92. The van der Waals surface area contributed by atoms with Crippen LogP contribution in [-0.4, -0.2) is 57.0 Å². The fourth-order valence-electron chi connectivity index (χ4n) is 2.74. The van der Waals surface area contributed by atoms with Crippen molar-refractivity contribution in [3.63, 3.8) is 0 Å². The molecule has 1 N–H and O–H groups in total. The van der Waals surface area contributed by atoms with Crippen molar-refractivity contribution >= 4 is 16.9 Å². The Morgan fingerprint density at radius 2 is 1.75 bits per heavy atom. The lowest BCUT2D eigenvalue weighted by molar-refractivity contribution is 0.200. The second-order valence-electron chi connectivity index (χ2n) is 6.72. The number of methoxy groups -OCH3 is 2. The second kappa shape index (κ2) is 9.98. The monoisotopic (exact) mass is 391 g/mol. The van der Waals surface area contributed by atoms with Crippen LogP contribution < -0.4 is 25.1 Å². The van der Waals surface area contributed by atoms with Gasteiger partial charge in [0.2, 0.25) is 0 Å². The molecule has 0 fully saturated rings. The van der Waals surface area contributed by atoms with Gasteiger partial charge in [0.15, 0.2) is 17.2 Å². The summed E-state index contributed by atoms with van der Waals surface area (Å²) in [5, 5.41) is 3.61. The summed E-state index contributed by atoms with van der Waals surface area (Å²) in [6.07, 6.45) is 2.85. The minimum absolute atomic E-state index is 0.184. The summed E-state index contributed by atoms with van der Waals surface area (Å²) in [7, 11) is 6.88. The van der Waals surface area contributed by atoms with Crippen molar-refractivity contribution in [1.82, 2.24) is 14.8 Å². The first-order valence-electron chi connectivity index (χ1n) is 9.30. The summed E-state index contributed by atoms with van der Waals surface area (Å²) in [6, 6.07) is 3.27. The van der Waals surface area contributed by atoms with Crippen LogP contribution >= 0.6 is 0 Å². The van der Waals surface area contributed by atoms with E-state index in [0.717, 1.165) is 12.8 Å². The van der Waals surface area contributed by atoms with E-state index in [1.54, 1.807) is 22.9 Å². The van der Waals surface area contributed by atoms with Crippen molar-refractivity contribution in [2.45, 2.75) is 26.3 Å². The molecule has 1 aromatic heterocycles. The van der Waals surface area contributed by atoms with Gasteiger partial charge in [-0.2, -0.15) is 0 Å². The van der Waals surface area contributed by atoms with Crippen LogP contribution in [0.15, 0.2) is 23.1 Å². The van der Waals surface area contributed by atoms with Gasteiger partial charge in [-0.3, -0.25) is 4.79 Å². The van der Waals surface area contributed by atoms with E-state index in [9.17, 15) is 9.59 Å². The first-order valence-corrected chi connectivity index (χ1v) is 9.30. The number of carbonyl (C=O) groups is 1. The van der Waals surface area contributed by atoms with Crippen molar-refractivity contribution in [2.75, 3.05) is 41.4 Å². The maximum atomic E-state index is 12.9. The molecule has 1 amide bonds. The van der Waals surface area contributed by atoms with E-state index in [1.165, 1.54) is 14.2 Å². The minimum Gasteiger partial charge on any atom is -0.493 e. The molecule has 1 aromatic carbocycles. The van der Waals surface area contributed by atoms with Gasteiger partial charge in [-0.1, -0.05) is 13.3 Å². The summed E-state index contributed by atoms with van der Waals surface area (Å²) in [6.45, 7) is 3.70. The fourth-order valence-corrected chi connectivity index (χ4v) is 2.74. The number of fused-ring (bicyclic) bond motifs is 1. The fraction of sp³-hybridized carbons (Fsp3) is 0.500. The Morgan fingerprint density at radius 3 is 2.32 bits per heavy atom. The molecule has 0 aliphatic rings. The lowest BCUT2D eigenvalue weighted by Crippen LogP contribution is -2.30. The molecule has 2 aromatic rings. The first-order chi connectivity index (χ1) is 13.4. The number of ether oxygens (including phenoxy) is 3. The Labute approximate surface area is 165 Å². The van der Waals surface area contributed by atoms with Crippen molar-refractivity contribution < 1.29 is 19.0 Å². The van der Waals surface area contributed by atoms with E-state index in [-0.39, 0.29) is 5.56 Å². The Hall–Kier alpha value is -2.74. The summed E-state index contributed by atoms with van der Waals surface area (Å²) in [5.41, 5.74) is -0.184. The molecule has 28 heavy (non-hydrogen) atoms. The number of amides is 1. The highest BCUT2D eigenvalue weighted by atomic mass is 16.6. The molecule has 8 heteroatoms. The quantitative estimate of drug-likeness (QED) is 0.662. The zero-order valence-corrected chi connectivity index (χ0v) is 17.2. The molecule has 0 spiro atoms. The zero-order chi connectivity index (χ0) is 20.7. The highest BCUT2D eigenvalue weighted by Gasteiger charge is 2.17. The third-order valence-electron chi connectivity index (χ3n) is 4.34. The van der Waals surface area contributed by atoms with Crippen LogP contribution in [-0.2, 0) is 6.54 Å². The van der Waals surface area contributed by atoms with Gasteiger partial charge in [-0.15, -0.1) is 0 Å². The predicted octanol–water partition coefficient (Wildman–Crippen LogP) is 2.47. The Morgan fingerprint density at radius 1 is 1.11 bits per heavy atom. The van der Waals surface area contributed by atoms with Crippen LogP contribution in [0.5, 0.6) is 17.2 Å². The lowest BCUT2D eigenvalue weighted by Gasteiger charge is -2.16. The van der Waals surface area contributed by atoms with Crippen molar-refractivity contribution in [2.24, 2.45) is 0 Å². The number of hydrogen-bond donors (Lipinski definition) is 1. The number of carbonyl (C=O) groups excluding carboxylic acids is 1. The number of hydrogen-bond acceptors (Lipinski definition) is 6. The Balaban J connectivity index is 2.52. The predicted molar refractivity (Wildman–Crippen MR) is 109 cm³/mol. The molecule has 0 unspecified atom stereocenters. The number of pyridine rings is 1. The normalized spacial score (nSPS) is 10.9. The maximum Gasteiger partial charge on any atom is 0.412 e. The molecule has 2 rings (SSSR count). The molecule has 0 bridgehead atoms. The number of benzene rings is 1. The van der Waals surface area contributed by atoms with Crippen LogP contribution in [0.25, 0.3) is 10.8 Å². The number of rotatable bonds is 9. The third-order valence-corrected chi connectivity index (χ3v) is 4.34. The topological polar surface area (TPSA) is 82.0 Å². The molecular formula is C20H29N3O5. The highest BCUT2D eigenvalue weighted by Crippen LogP contribution is 2.34. The van der Waals surface area contributed by atoms with E-state index >= 15 is 0 Å². The summed E-state index contributed by atoms with van der Waals surface area (Å²) < 4.78 is 17.7. The van der Waals surface area contributed by atoms with Gasteiger partial charge in [-0.25, -0.2) is 4.79 Å². The average Bonchev–Trinajstić information content (AvgIpc) is 2.68. The maximum absolute atomic E-state index is 12.9. The molecular weight excluding hydrogens is 362 g/mol. The average molecular weight is 391 g/mol. The third kappa shape index (κ3) is 5.16. The number of likely N-dealkylation sites (N-methyl/N-ethyl adjacent to an activating group) is 1. The number of aromatic nitrogens is 1. The first kappa shape index (κ1) is 21.6. The van der Waals surface area contributed by atoms with Crippen molar-refractivity contribution in [3.05, 3.63) is 28.7 Å². The largest absolute Gasteiger partial charge is 0.493 e. The van der Waals surface area contributed by atoms with Gasteiger partial charge in [0.05, 0.1) is 25.8 Å². The Kier molecular flexibility index (Phi) is 7.69. The Bertz CT molecular complexity index is 876. The summed E-state index contributed by atoms with van der Waals surface area (Å²) in [4.78, 5) is 27.1. The molecule has 0 saturated heterocycles. The minimum atomic E-state index is -0.553. The summed E-state index contributed by atoms with van der Waals surface area (Å²) in [5.74, 6) is 1.19. The molecule has 0 radical (unpaired) electrons. The van der Waals surface area contributed by atoms with E-state index in [0.29, 0.717) is 47.7 Å². The van der Waals surface area contributed by atoms with E-state index in [2.05, 4.69) is 5.32 Å². The SMILES string of the molecule is CCCCNC(=O)Oc1cn(CCN(C)C)c(=O)c2cc(OC)c(OC)cc12. The van der Waals surface area contributed by atoms with Gasteiger partial charge in [0, 0.05) is 25.0 Å². The van der Waals surface area contributed by atoms with Gasteiger partial charge >= 0.3 is 6.09 Å². The van der Waals surface area contributed by atoms with Crippen molar-refractivity contribution in [1.29, 1.82) is 0 Å². The summed E-state index contributed by atoms with van der Waals surface area (Å²) >= 11 is 0. The van der Waals surface area contributed by atoms with E-state index < -0.39 is 6.09 Å². The molecule has 1 heterocycles. The van der Waals surface area contributed by atoms with Gasteiger partial charge < -0.3 is 29.0 Å².